The third kappa shape index (κ3) is 3.14. The third-order valence-corrected chi connectivity index (χ3v) is 3.10. The molecule has 2 rings (SSSR count). The standard InChI is InChI=1S/C14H19N5O2/c1-4-10-13(16-8-17-14(10)19-15)18-11-6-5-9(20-2)7-12(11)21-3/h5-8H,4,15H2,1-3H3,(H2,16,17,18,19). The molecule has 0 radical (unpaired) electrons. The molecule has 0 saturated heterocycles. The number of nitrogens with zero attached hydrogens (tertiary/aromatic N) is 2. The Morgan fingerprint density at radius 3 is 2.52 bits per heavy atom. The highest BCUT2D eigenvalue weighted by Gasteiger charge is 2.12. The molecule has 0 aliphatic carbocycles. The van der Waals surface area contributed by atoms with Crippen molar-refractivity contribution in [1.29, 1.82) is 0 Å². The highest BCUT2D eigenvalue weighted by atomic mass is 16.5. The first kappa shape index (κ1) is 14.9. The van der Waals surface area contributed by atoms with Crippen molar-refractivity contribution in [3.63, 3.8) is 0 Å². The van der Waals surface area contributed by atoms with Crippen LogP contribution in [0.2, 0.25) is 0 Å². The number of hydrazine groups is 1. The monoisotopic (exact) mass is 289 g/mol. The molecule has 2 aromatic rings. The van der Waals surface area contributed by atoms with Crippen LogP contribution in [0.15, 0.2) is 24.5 Å². The lowest BCUT2D eigenvalue weighted by Gasteiger charge is -2.15. The lowest BCUT2D eigenvalue weighted by Crippen LogP contribution is -2.13. The van der Waals surface area contributed by atoms with Gasteiger partial charge in [-0.3, -0.25) is 0 Å². The van der Waals surface area contributed by atoms with Crippen LogP contribution in [0.4, 0.5) is 17.3 Å². The van der Waals surface area contributed by atoms with E-state index < -0.39 is 0 Å². The zero-order chi connectivity index (χ0) is 15.2. The average molecular weight is 289 g/mol. The van der Waals surface area contributed by atoms with Gasteiger partial charge in [-0.1, -0.05) is 6.92 Å². The van der Waals surface area contributed by atoms with Gasteiger partial charge in [0, 0.05) is 11.6 Å². The molecule has 1 aromatic heterocycles. The van der Waals surface area contributed by atoms with Crippen molar-refractivity contribution < 1.29 is 9.47 Å². The van der Waals surface area contributed by atoms with Gasteiger partial charge in [0.2, 0.25) is 0 Å². The van der Waals surface area contributed by atoms with E-state index in [0.29, 0.717) is 17.4 Å². The van der Waals surface area contributed by atoms with Crippen LogP contribution in [0.3, 0.4) is 0 Å². The maximum absolute atomic E-state index is 5.47. The van der Waals surface area contributed by atoms with Crippen molar-refractivity contribution in [3.05, 3.63) is 30.1 Å². The van der Waals surface area contributed by atoms with Gasteiger partial charge in [0.25, 0.3) is 0 Å². The minimum Gasteiger partial charge on any atom is -0.497 e. The molecular formula is C14H19N5O2. The van der Waals surface area contributed by atoms with Crippen LogP contribution in [0.5, 0.6) is 11.5 Å². The van der Waals surface area contributed by atoms with E-state index >= 15 is 0 Å². The van der Waals surface area contributed by atoms with Crippen molar-refractivity contribution in [1.82, 2.24) is 9.97 Å². The zero-order valence-electron chi connectivity index (χ0n) is 12.3. The molecule has 0 amide bonds. The largest absolute Gasteiger partial charge is 0.497 e. The number of aromatic nitrogens is 2. The Hall–Kier alpha value is -2.54. The summed E-state index contributed by atoms with van der Waals surface area (Å²) < 4.78 is 10.5. The van der Waals surface area contributed by atoms with E-state index in [0.717, 1.165) is 23.4 Å². The van der Waals surface area contributed by atoms with Gasteiger partial charge in [0.15, 0.2) is 0 Å². The number of methoxy groups -OCH3 is 2. The molecule has 4 N–H and O–H groups in total. The maximum Gasteiger partial charge on any atom is 0.148 e. The molecule has 112 valence electrons. The predicted molar refractivity (Wildman–Crippen MR) is 82.0 cm³/mol. The van der Waals surface area contributed by atoms with Gasteiger partial charge in [0.05, 0.1) is 19.9 Å². The molecule has 0 bridgehead atoms. The Morgan fingerprint density at radius 1 is 1.14 bits per heavy atom. The quantitative estimate of drug-likeness (QED) is 0.553. The van der Waals surface area contributed by atoms with Crippen LogP contribution in [-0.2, 0) is 6.42 Å². The Bertz CT molecular complexity index is 618. The minimum atomic E-state index is 0.600. The summed E-state index contributed by atoms with van der Waals surface area (Å²) in [6.07, 6.45) is 2.19. The highest BCUT2D eigenvalue weighted by molar-refractivity contribution is 5.69. The smallest absolute Gasteiger partial charge is 0.148 e. The fraction of sp³-hybridized carbons (Fsp3) is 0.286. The Kier molecular flexibility index (Phi) is 4.78. The fourth-order valence-electron chi connectivity index (χ4n) is 2.01. The molecule has 1 heterocycles. The maximum atomic E-state index is 5.47. The van der Waals surface area contributed by atoms with Crippen LogP contribution < -0.4 is 26.1 Å². The topological polar surface area (TPSA) is 94.3 Å². The van der Waals surface area contributed by atoms with Gasteiger partial charge in [-0.2, -0.15) is 0 Å². The molecule has 0 saturated carbocycles. The SMILES string of the molecule is CCc1c(NN)ncnc1Nc1ccc(OC)cc1OC. The molecule has 0 aliphatic rings. The molecule has 21 heavy (non-hydrogen) atoms. The first-order valence-corrected chi connectivity index (χ1v) is 6.53. The summed E-state index contributed by atoms with van der Waals surface area (Å²) in [5.41, 5.74) is 4.26. The van der Waals surface area contributed by atoms with Crippen LogP contribution in [0, 0.1) is 0 Å². The second-order valence-corrected chi connectivity index (χ2v) is 4.24. The zero-order valence-corrected chi connectivity index (χ0v) is 12.3. The number of benzene rings is 1. The van der Waals surface area contributed by atoms with E-state index in [-0.39, 0.29) is 0 Å². The number of hydrogen-bond donors (Lipinski definition) is 3. The summed E-state index contributed by atoms with van der Waals surface area (Å²) in [7, 11) is 3.22. The van der Waals surface area contributed by atoms with E-state index in [1.54, 1.807) is 20.3 Å². The van der Waals surface area contributed by atoms with Crippen molar-refractivity contribution in [3.8, 4) is 11.5 Å². The molecule has 0 aliphatic heterocycles. The second-order valence-electron chi connectivity index (χ2n) is 4.24. The Morgan fingerprint density at radius 2 is 1.90 bits per heavy atom. The number of nitrogens with two attached hydrogens (primary N) is 1. The number of ether oxygens (including phenoxy) is 2. The number of anilines is 3. The van der Waals surface area contributed by atoms with Crippen molar-refractivity contribution in [2.75, 3.05) is 25.0 Å². The second kappa shape index (κ2) is 6.76. The summed E-state index contributed by atoms with van der Waals surface area (Å²) in [6, 6.07) is 5.52. The van der Waals surface area contributed by atoms with E-state index in [1.807, 2.05) is 19.1 Å². The highest BCUT2D eigenvalue weighted by Crippen LogP contribution is 2.32. The van der Waals surface area contributed by atoms with E-state index in [4.69, 9.17) is 15.3 Å². The van der Waals surface area contributed by atoms with Gasteiger partial charge < -0.3 is 20.2 Å². The number of hydrogen-bond acceptors (Lipinski definition) is 7. The number of nitrogens with one attached hydrogen (secondary N) is 2. The summed E-state index contributed by atoms with van der Waals surface area (Å²) in [5.74, 6) is 8.14. The fourth-order valence-corrected chi connectivity index (χ4v) is 2.01. The van der Waals surface area contributed by atoms with E-state index in [1.165, 1.54) is 6.33 Å². The van der Waals surface area contributed by atoms with Gasteiger partial charge in [-0.15, -0.1) is 0 Å². The van der Waals surface area contributed by atoms with Gasteiger partial charge in [-0.25, -0.2) is 15.8 Å². The Balaban J connectivity index is 2.38. The average Bonchev–Trinajstić information content (AvgIpc) is 2.54. The summed E-state index contributed by atoms with van der Waals surface area (Å²) in [6.45, 7) is 2.01. The van der Waals surface area contributed by atoms with Gasteiger partial charge in [-0.05, 0) is 18.6 Å². The summed E-state index contributed by atoms with van der Waals surface area (Å²) >= 11 is 0. The first-order chi connectivity index (χ1) is 10.2. The Labute approximate surface area is 123 Å². The lowest BCUT2D eigenvalue weighted by atomic mass is 10.2. The van der Waals surface area contributed by atoms with Crippen LogP contribution >= 0.6 is 0 Å². The molecule has 7 nitrogen and oxygen atoms in total. The molecule has 0 spiro atoms. The normalized spacial score (nSPS) is 10.1. The first-order valence-electron chi connectivity index (χ1n) is 6.53. The van der Waals surface area contributed by atoms with Gasteiger partial charge in [0.1, 0.15) is 29.5 Å². The van der Waals surface area contributed by atoms with Gasteiger partial charge >= 0.3 is 0 Å². The third-order valence-electron chi connectivity index (χ3n) is 3.10. The number of nitrogen functional groups attached to an aromatic ring is 1. The summed E-state index contributed by atoms with van der Waals surface area (Å²) in [4.78, 5) is 8.37. The molecule has 0 fully saturated rings. The minimum absolute atomic E-state index is 0.600. The van der Waals surface area contributed by atoms with E-state index in [2.05, 4.69) is 20.7 Å². The predicted octanol–water partition coefficient (Wildman–Crippen LogP) is 2.09. The summed E-state index contributed by atoms with van der Waals surface area (Å²) in [5, 5.41) is 3.24. The number of rotatable bonds is 6. The van der Waals surface area contributed by atoms with E-state index in [9.17, 15) is 0 Å². The van der Waals surface area contributed by atoms with Crippen LogP contribution in [0.25, 0.3) is 0 Å². The van der Waals surface area contributed by atoms with Crippen LogP contribution in [-0.4, -0.2) is 24.2 Å². The molecule has 1 aromatic carbocycles. The molecule has 0 atom stereocenters. The van der Waals surface area contributed by atoms with Crippen molar-refractivity contribution in [2.45, 2.75) is 13.3 Å². The lowest BCUT2D eigenvalue weighted by molar-refractivity contribution is 0.395. The molecule has 7 heteroatoms. The van der Waals surface area contributed by atoms with Crippen molar-refractivity contribution >= 4 is 17.3 Å². The van der Waals surface area contributed by atoms with Crippen molar-refractivity contribution in [2.24, 2.45) is 5.84 Å². The molecular weight excluding hydrogens is 270 g/mol. The van der Waals surface area contributed by atoms with Crippen LogP contribution in [0.1, 0.15) is 12.5 Å². The molecule has 0 unspecified atom stereocenters.